The second-order valence-electron chi connectivity index (χ2n) is 8.57. The third-order valence-corrected chi connectivity index (χ3v) is 7.55. The molecule has 3 aromatic rings. The Kier molecular flexibility index (Phi) is 7.91. The summed E-state index contributed by atoms with van der Waals surface area (Å²) in [6.07, 6.45) is 1.60. The highest BCUT2D eigenvalue weighted by atomic mass is 32.1. The highest BCUT2D eigenvalue weighted by Gasteiger charge is 2.36. The number of aromatic hydroxyl groups is 1. The number of rotatable bonds is 8. The fraction of sp³-hybridized carbons (Fsp3) is 0.321. The van der Waals surface area contributed by atoms with Crippen molar-refractivity contribution >= 4 is 23.3 Å². The number of thiazole rings is 1. The van der Waals surface area contributed by atoms with Gasteiger partial charge in [0.2, 0.25) is 0 Å². The van der Waals surface area contributed by atoms with Crippen LogP contribution in [0.5, 0.6) is 23.0 Å². The summed E-state index contributed by atoms with van der Waals surface area (Å²) in [6, 6.07) is 9.56. The van der Waals surface area contributed by atoms with Crippen LogP contribution in [-0.4, -0.2) is 54.9 Å². The molecule has 200 valence electrons. The lowest BCUT2D eigenvalue weighted by Crippen LogP contribution is -2.43. The van der Waals surface area contributed by atoms with E-state index >= 15 is 0 Å². The van der Waals surface area contributed by atoms with Crippen LogP contribution in [0.25, 0.3) is 6.08 Å². The number of hydrogen-bond donors (Lipinski definition) is 1. The lowest BCUT2D eigenvalue weighted by Gasteiger charge is -2.30. The molecule has 2 heterocycles. The predicted octanol–water partition coefficient (Wildman–Crippen LogP) is 2.84. The largest absolute Gasteiger partial charge is 0.504 e. The van der Waals surface area contributed by atoms with E-state index in [1.807, 2.05) is 13.8 Å². The van der Waals surface area contributed by atoms with Gasteiger partial charge in [-0.25, -0.2) is 4.99 Å². The molecule has 0 unspecified atom stereocenters. The quantitative estimate of drug-likeness (QED) is 0.474. The molecule has 0 spiro atoms. The summed E-state index contributed by atoms with van der Waals surface area (Å²) < 4.78 is 18.2. The summed E-state index contributed by atoms with van der Waals surface area (Å²) in [5.41, 5.74) is 1.61. The molecule has 9 nitrogen and oxygen atoms in total. The van der Waals surface area contributed by atoms with Gasteiger partial charge in [0.05, 0.1) is 37.1 Å². The number of likely N-dealkylation sites (N-methyl/N-ethyl adjacent to an activating group) is 1. The van der Waals surface area contributed by atoms with E-state index in [4.69, 9.17) is 14.2 Å². The van der Waals surface area contributed by atoms with Gasteiger partial charge in [-0.1, -0.05) is 23.5 Å². The highest BCUT2D eigenvalue weighted by molar-refractivity contribution is 7.07. The number of aromatic nitrogens is 1. The average molecular weight is 538 g/mol. The van der Waals surface area contributed by atoms with Gasteiger partial charge in [0, 0.05) is 24.2 Å². The van der Waals surface area contributed by atoms with Crippen molar-refractivity contribution in [1.82, 2.24) is 9.47 Å². The minimum Gasteiger partial charge on any atom is -0.504 e. The zero-order valence-electron chi connectivity index (χ0n) is 22.3. The summed E-state index contributed by atoms with van der Waals surface area (Å²) >= 11 is 1.18. The van der Waals surface area contributed by atoms with Gasteiger partial charge < -0.3 is 24.2 Å². The SMILES string of the molecule is CCN(CC)C(=O)C1=C(C)N=c2s/c(=C/c3cccc(OC)c3O)c(=O)n2[C@H]1c1cc(OC)ccc1OC. The second-order valence-corrected chi connectivity index (χ2v) is 9.57. The minimum absolute atomic E-state index is 0.0690. The number of nitrogens with zero attached hydrogens (tertiary/aromatic N) is 3. The van der Waals surface area contributed by atoms with Crippen molar-refractivity contribution in [2.75, 3.05) is 34.4 Å². The number of allylic oxidation sites excluding steroid dienone is 1. The molecule has 1 amide bonds. The van der Waals surface area contributed by atoms with Crippen molar-refractivity contribution in [2.24, 2.45) is 4.99 Å². The second kappa shape index (κ2) is 11.1. The van der Waals surface area contributed by atoms with Crippen LogP contribution in [0, 0.1) is 0 Å². The molecule has 1 atom stereocenters. The van der Waals surface area contributed by atoms with Gasteiger partial charge in [-0.3, -0.25) is 14.2 Å². The van der Waals surface area contributed by atoms with Crippen LogP contribution < -0.4 is 29.1 Å². The molecule has 0 fully saturated rings. The van der Waals surface area contributed by atoms with E-state index in [1.165, 1.54) is 23.0 Å². The predicted molar refractivity (Wildman–Crippen MR) is 146 cm³/mol. The molecule has 0 saturated heterocycles. The van der Waals surface area contributed by atoms with E-state index < -0.39 is 6.04 Å². The lowest BCUT2D eigenvalue weighted by atomic mass is 9.93. The van der Waals surface area contributed by atoms with Crippen molar-refractivity contribution in [2.45, 2.75) is 26.8 Å². The van der Waals surface area contributed by atoms with Crippen LogP contribution >= 0.6 is 11.3 Å². The van der Waals surface area contributed by atoms with Crippen LogP contribution in [0.3, 0.4) is 0 Å². The molecular weight excluding hydrogens is 506 g/mol. The number of hydrogen-bond acceptors (Lipinski definition) is 8. The van der Waals surface area contributed by atoms with Crippen molar-refractivity contribution in [3.63, 3.8) is 0 Å². The van der Waals surface area contributed by atoms with Gasteiger partial charge in [0.15, 0.2) is 16.3 Å². The Bertz CT molecular complexity index is 1580. The first-order valence-corrected chi connectivity index (χ1v) is 13.0. The monoisotopic (exact) mass is 537 g/mol. The van der Waals surface area contributed by atoms with Crippen LogP contribution in [0.1, 0.15) is 37.9 Å². The summed E-state index contributed by atoms with van der Waals surface area (Å²) in [6.45, 7) is 6.62. The number of fused-ring (bicyclic) bond motifs is 1. The topological polar surface area (TPSA) is 103 Å². The zero-order valence-corrected chi connectivity index (χ0v) is 23.1. The fourth-order valence-corrected chi connectivity index (χ4v) is 5.62. The number of amides is 1. The first-order chi connectivity index (χ1) is 18.3. The molecule has 0 radical (unpaired) electrons. The minimum atomic E-state index is -0.801. The van der Waals surface area contributed by atoms with Crippen LogP contribution in [-0.2, 0) is 4.79 Å². The summed E-state index contributed by atoms with van der Waals surface area (Å²) in [7, 11) is 4.56. The van der Waals surface area contributed by atoms with Crippen molar-refractivity contribution in [3.8, 4) is 23.0 Å². The normalized spacial score (nSPS) is 15.1. The molecular formula is C28H31N3O6S. The van der Waals surface area contributed by atoms with Crippen molar-refractivity contribution in [1.29, 1.82) is 0 Å². The number of carbonyl (C=O) groups excluding carboxylic acids is 1. The van der Waals surface area contributed by atoms with Gasteiger partial charge >= 0.3 is 0 Å². The van der Waals surface area contributed by atoms with Gasteiger partial charge in [0.25, 0.3) is 11.5 Å². The van der Waals surface area contributed by atoms with E-state index in [0.29, 0.717) is 62.1 Å². The number of ether oxygens (including phenoxy) is 3. The molecule has 38 heavy (non-hydrogen) atoms. The highest BCUT2D eigenvalue weighted by Crippen LogP contribution is 2.38. The molecule has 1 aliphatic rings. The van der Waals surface area contributed by atoms with Crippen LogP contribution in [0.2, 0.25) is 0 Å². The maximum absolute atomic E-state index is 14.0. The number of phenolic OH excluding ortho intramolecular Hbond substituents is 1. The molecule has 0 aliphatic carbocycles. The Hall–Kier alpha value is -4.05. The number of carbonyl (C=O) groups is 1. The zero-order chi connectivity index (χ0) is 27.6. The summed E-state index contributed by atoms with van der Waals surface area (Å²) in [4.78, 5) is 34.6. The van der Waals surface area contributed by atoms with Crippen LogP contribution in [0.4, 0.5) is 0 Å². The van der Waals surface area contributed by atoms with Gasteiger partial charge in [-0.15, -0.1) is 0 Å². The summed E-state index contributed by atoms with van der Waals surface area (Å²) in [5.74, 6) is 1.10. The first-order valence-electron chi connectivity index (χ1n) is 12.2. The average Bonchev–Trinajstić information content (AvgIpc) is 3.23. The molecule has 0 saturated carbocycles. The Morgan fingerprint density at radius 2 is 1.82 bits per heavy atom. The molecule has 10 heteroatoms. The fourth-order valence-electron chi connectivity index (χ4n) is 4.59. The third-order valence-electron chi connectivity index (χ3n) is 6.57. The smallest absolute Gasteiger partial charge is 0.271 e. The Balaban J connectivity index is 2.04. The lowest BCUT2D eigenvalue weighted by molar-refractivity contribution is -0.127. The first kappa shape index (κ1) is 27.0. The third kappa shape index (κ3) is 4.67. The van der Waals surface area contributed by atoms with Crippen molar-refractivity contribution in [3.05, 3.63) is 78.5 Å². The molecule has 1 aromatic heterocycles. The number of phenols is 1. The standard InChI is InChI=1S/C28H31N3O6S/c1-7-30(8-2)27(34)23-16(3)29-28-31(24(23)19-15-18(35-4)12-13-20(19)36-5)26(33)22(38-28)14-17-10-9-11-21(37-6)25(17)32/h9-15,24,32H,7-8H2,1-6H3/b22-14+/t24-/m0/s1. The van der Waals surface area contributed by atoms with Crippen molar-refractivity contribution < 1.29 is 24.1 Å². The Morgan fingerprint density at radius 3 is 2.45 bits per heavy atom. The Morgan fingerprint density at radius 1 is 1.11 bits per heavy atom. The summed E-state index contributed by atoms with van der Waals surface area (Å²) in [5, 5.41) is 10.6. The van der Waals surface area contributed by atoms with Gasteiger partial charge in [-0.2, -0.15) is 0 Å². The Labute approximate surface area is 224 Å². The van der Waals surface area contributed by atoms with Crippen LogP contribution in [0.15, 0.2) is 57.5 Å². The molecule has 1 aliphatic heterocycles. The van der Waals surface area contributed by atoms with E-state index in [-0.39, 0.29) is 17.2 Å². The van der Waals surface area contributed by atoms with Gasteiger partial charge in [0.1, 0.15) is 17.5 Å². The maximum atomic E-state index is 14.0. The van der Waals surface area contributed by atoms with Gasteiger partial charge in [-0.05, 0) is 51.1 Å². The maximum Gasteiger partial charge on any atom is 0.271 e. The molecule has 0 bridgehead atoms. The molecule has 1 N–H and O–H groups in total. The molecule has 2 aromatic carbocycles. The number of para-hydroxylation sites is 1. The molecule has 4 rings (SSSR count). The number of benzene rings is 2. The number of methoxy groups -OCH3 is 3. The van der Waals surface area contributed by atoms with E-state index in [0.717, 1.165) is 0 Å². The van der Waals surface area contributed by atoms with E-state index in [1.54, 1.807) is 68.5 Å². The van der Waals surface area contributed by atoms with E-state index in [9.17, 15) is 14.7 Å². The van der Waals surface area contributed by atoms with E-state index in [2.05, 4.69) is 4.99 Å².